The number of aromatic nitrogens is 2. The summed E-state index contributed by atoms with van der Waals surface area (Å²) < 4.78 is 0. The molecule has 1 fully saturated rings. The van der Waals surface area contributed by atoms with E-state index >= 15 is 0 Å². The zero-order chi connectivity index (χ0) is 10.7. The average molecular weight is 208 g/mol. The van der Waals surface area contributed by atoms with Gasteiger partial charge in [-0.2, -0.15) is 5.10 Å². The van der Waals surface area contributed by atoms with Gasteiger partial charge in [0.05, 0.1) is 12.1 Å². The van der Waals surface area contributed by atoms with E-state index in [9.17, 15) is 4.79 Å². The van der Waals surface area contributed by atoms with E-state index in [2.05, 4.69) is 20.8 Å². The monoisotopic (exact) mass is 208 g/mol. The molecular weight excluding hydrogens is 192 g/mol. The van der Waals surface area contributed by atoms with Crippen LogP contribution in [0.3, 0.4) is 0 Å². The third-order valence-corrected chi connectivity index (χ3v) is 2.74. The van der Waals surface area contributed by atoms with Crippen molar-refractivity contribution in [1.29, 1.82) is 0 Å². The maximum Gasteiger partial charge on any atom is 0.229 e. The molecule has 1 atom stereocenters. The summed E-state index contributed by atoms with van der Waals surface area (Å²) in [6.45, 7) is 3.71. The summed E-state index contributed by atoms with van der Waals surface area (Å²) in [5.74, 6) is 0.876. The summed E-state index contributed by atoms with van der Waals surface area (Å²) >= 11 is 0. The molecule has 0 spiro atoms. The molecule has 5 heteroatoms. The van der Waals surface area contributed by atoms with Crippen LogP contribution < -0.4 is 10.6 Å². The van der Waals surface area contributed by atoms with Crippen LogP contribution in [-0.2, 0) is 4.79 Å². The van der Waals surface area contributed by atoms with E-state index in [4.69, 9.17) is 0 Å². The summed E-state index contributed by atoms with van der Waals surface area (Å²) in [6.07, 6.45) is 3.74. The molecule has 1 aromatic rings. The number of carbonyl (C=O) groups is 1. The van der Waals surface area contributed by atoms with Gasteiger partial charge in [-0.25, -0.2) is 0 Å². The van der Waals surface area contributed by atoms with Gasteiger partial charge in [-0.05, 0) is 26.3 Å². The maximum absolute atomic E-state index is 11.8. The molecule has 5 nitrogen and oxygen atoms in total. The van der Waals surface area contributed by atoms with Gasteiger partial charge in [-0.3, -0.25) is 9.89 Å². The van der Waals surface area contributed by atoms with Crippen LogP contribution in [0.5, 0.6) is 0 Å². The fourth-order valence-electron chi connectivity index (χ4n) is 1.77. The summed E-state index contributed by atoms with van der Waals surface area (Å²) in [7, 11) is 0. The van der Waals surface area contributed by atoms with Crippen molar-refractivity contribution in [3.63, 3.8) is 0 Å². The number of nitrogens with one attached hydrogen (secondary N) is 3. The van der Waals surface area contributed by atoms with Gasteiger partial charge in [0, 0.05) is 12.1 Å². The number of aromatic amines is 1. The van der Waals surface area contributed by atoms with E-state index in [-0.39, 0.29) is 11.8 Å². The van der Waals surface area contributed by atoms with E-state index in [0.717, 1.165) is 31.5 Å². The zero-order valence-electron chi connectivity index (χ0n) is 8.84. The predicted octanol–water partition coefficient (Wildman–Crippen LogP) is 0.656. The zero-order valence-corrected chi connectivity index (χ0v) is 8.84. The Morgan fingerprint density at radius 3 is 3.13 bits per heavy atom. The molecule has 0 aliphatic carbocycles. The normalized spacial score (nSPS) is 21.3. The Hall–Kier alpha value is -1.36. The van der Waals surface area contributed by atoms with Crippen LogP contribution in [0.25, 0.3) is 0 Å². The Labute approximate surface area is 88.6 Å². The van der Waals surface area contributed by atoms with Crippen LogP contribution in [0.15, 0.2) is 6.20 Å². The van der Waals surface area contributed by atoms with Gasteiger partial charge in [0.1, 0.15) is 5.82 Å². The first kappa shape index (κ1) is 10.2. The molecular formula is C10H16N4O. The van der Waals surface area contributed by atoms with Gasteiger partial charge in [0.25, 0.3) is 0 Å². The number of nitrogens with zero attached hydrogens (tertiary/aromatic N) is 1. The molecule has 1 aliphatic heterocycles. The topological polar surface area (TPSA) is 69.8 Å². The Morgan fingerprint density at radius 1 is 1.67 bits per heavy atom. The Bertz CT molecular complexity index is 341. The van der Waals surface area contributed by atoms with E-state index in [0.29, 0.717) is 5.82 Å². The fraction of sp³-hybridized carbons (Fsp3) is 0.600. The standard InChI is InChI=1S/C10H16N4O/c1-7-5-12-14-9(7)13-10(15)8-3-2-4-11-6-8/h5,8,11H,2-4,6H2,1H3,(H2,12,13,14,15). The van der Waals surface area contributed by atoms with Crippen LogP contribution in [0.2, 0.25) is 0 Å². The quantitative estimate of drug-likeness (QED) is 0.668. The lowest BCUT2D eigenvalue weighted by atomic mass is 9.99. The van der Waals surface area contributed by atoms with Gasteiger partial charge in [0.15, 0.2) is 0 Å². The number of aryl methyl sites for hydroxylation is 1. The minimum absolute atomic E-state index is 0.0783. The number of anilines is 1. The highest BCUT2D eigenvalue weighted by Gasteiger charge is 2.21. The van der Waals surface area contributed by atoms with E-state index in [1.165, 1.54) is 0 Å². The number of amides is 1. The van der Waals surface area contributed by atoms with Gasteiger partial charge < -0.3 is 10.6 Å². The first-order valence-electron chi connectivity index (χ1n) is 5.29. The van der Waals surface area contributed by atoms with Crippen LogP contribution in [0.4, 0.5) is 5.82 Å². The van der Waals surface area contributed by atoms with E-state index in [1.54, 1.807) is 6.20 Å². The minimum atomic E-state index is 0.0783. The molecule has 2 rings (SSSR count). The number of piperidine rings is 1. The molecule has 3 N–H and O–H groups in total. The second kappa shape index (κ2) is 4.44. The highest BCUT2D eigenvalue weighted by atomic mass is 16.2. The Balaban J connectivity index is 1.94. The number of rotatable bonds is 2. The maximum atomic E-state index is 11.8. The third-order valence-electron chi connectivity index (χ3n) is 2.74. The molecule has 0 radical (unpaired) electrons. The van der Waals surface area contributed by atoms with Crippen molar-refractivity contribution in [2.75, 3.05) is 18.4 Å². The lowest BCUT2D eigenvalue weighted by molar-refractivity contribution is -0.120. The molecule has 1 amide bonds. The molecule has 1 saturated heterocycles. The van der Waals surface area contributed by atoms with E-state index < -0.39 is 0 Å². The Kier molecular flexibility index (Phi) is 3.01. The molecule has 1 aliphatic rings. The highest BCUT2D eigenvalue weighted by molar-refractivity contribution is 5.92. The first-order chi connectivity index (χ1) is 7.27. The number of carbonyl (C=O) groups excluding carboxylic acids is 1. The SMILES string of the molecule is Cc1cn[nH]c1NC(=O)C1CCCNC1. The predicted molar refractivity (Wildman–Crippen MR) is 57.5 cm³/mol. The molecule has 82 valence electrons. The average Bonchev–Trinajstić information content (AvgIpc) is 2.66. The van der Waals surface area contributed by atoms with Crippen LogP contribution in [-0.4, -0.2) is 29.2 Å². The lowest BCUT2D eigenvalue weighted by Crippen LogP contribution is -2.37. The van der Waals surface area contributed by atoms with Crippen molar-refractivity contribution in [1.82, 2.24) is 15.5 Å². The molecule has 2 heterocycles. The molecule has 0 aromatic carbocycles. The Morgan fingerprint density at radius 2 is 2.53 bits per heavy atom. The summed E-state index contributed by atoms with van der Waals surface area (Å²) in [4.78, 5) is 11.8. The lowest BCUT2D eigenvalue weighted by Gasteiger charge is -2.21. The summed E-state index contributed by atoms with van der Waals surface area (Å²) in [6, 6.07) is 0. The van der Waals surface area contributed by atoms with Crippen molar-refractivity contribution >= 4 is 11.7 Å². The number of hydrogen-bond acceptors (Lipinski definition) is 3. The molecule has 15 heavy (non-hydrogen) atoms. The van der Waals surface area contributed by atoms with Crippen LogP contribution >= 0.6 is 0 Å². The smallest absolute Gasteiger partial charge is 0.229 e. The van der Waals surface area contributed by atoms with Crippen LogP contribution in [0, 0.1) is 12.8 Å². The fourth-order valence-corrected chi connectivity index (χ4v) is 1.77. The number of H-pyrrole nitrogens is 1. The first-order valence-corrected chi connectivity index (χ1v) is 5.29. The van der Waals surface area contributed by atoms with Gasteiger partial charge >= 0.3 is 0 Å². The van der Waals surface area contributed by atoms with Gasteiger partial charge in [-0.1, -0.05) is 0 Å². The van der Waals surface area contributed by atoms with Crippen molar-refractivity contribution < 1.29 is 4.79 Å². The number of hydrogen-bond donors (Lipinski definition) is 3. The summed E-state index contributed by atoms with van der Waals surface area (Å²) in [5.41, 5.74) is 0.965. The second-order valence-corrected chi connectivity index (χ2v) is 3.96. The highest BCUT2D eigenvalue weighted by Crippen LogP contribution is 2.14. The molecule has 0 bridgehead atoms. The molecule has 1 unspecified atom stereocenters. The van der Waals surface area contributed by atoms with Gasteiger partial charge in [-0.15, -0.1) is 0 Å². The largest absolute Gasteiger partial charge is 0.316 e. The van der Waals surface area contributed by atoms with Crippen molar-refractivity contribution in [2.45, 2.75) is 19.8 Å². The third kappa shape index (κ3) is 2.36. The minimum Gasteiger partial charge on any atom is -0.316 e. The van der Waals surface area contributed by atoms with Crippen LogP contribution in [0.1, 0.15) is 18.4 Å². The molecule has 0 saturated carbocycles. The van der Waals surface area contributed by atoms with Crippen molar-refractivity contribution in [2.24, 2.45) is 5.92 Å². The summed E-state index contributed by atoms with van der Waals surface area (Å²) in [5, 5.41) is 12.7. The second-order valence-electron chi connectivity index (χ2n) is 3.96. The van der Waals surface area contributed by atoms with Crippen molar-refractivity contribution in [3.8, 4) is 0 Å². The van der Waals surface area contributed by atoms with Crippen molar-refractivity contribution in [3.05, 3.63) is 11.8 Å². The molecule has 1 aromatic heterocycles. The van der Waals surface area contributed by atoms with E-state index in [1.807, 2.05) is 6.92 Å². The van der Waals surface area contributed by atoms with Gasteiger partial charge in [0.2, 0.25) is 5.91 Å².